The third-order valence-electron chi connectivity index (χ3n) is 1.92. The number of carbonyl (C=O) groups excluding carboxylic acids is 1. The van der Waals surface area contributed by atoms with Crippen molar-refractivity contribution in [3.8, 4) is 5.75 Å². The molecule has 13 heavy (non-hydrogen) atoms. The fourth-order valence-corrected chi connectivity index (χ4v) is 1.64. The van der Waals surface area contributed by atoms with Crippen molar-refractivity contribution >= 4 is 18.9 Å². The van der Waals surface area contributed by atoms with Crippen LogP contribution in [-0.2, 0) is 4.79 Å². The molecule has 0 fully saturated rings. The molecule has 1 aromatic carbocycles. The van der Waals surface area contributed by atoms with E-state index in [1.54, 1.807) is 7.11 Å². The van der Waals surface area contributed by atoms with Crippen LogP contribution in [0.1, 0.15) is 18.4 Å². The number of ether oxygens (including phenoxy) is 1. The summed E-state index contributed by atoms with van der Waals surface area (Å²) in [5, 5.41) is 0. The highest BCUT2D eigenvalue weighted by atomic mass is 32.1. The van der Waals surface area contributed by atoms with E-state index in [-0.39, 0.29) is 5.92 Å². The van der Waals surface area contributed by atoms with Crippen molar-refractivity contribution in [2.45, 2.75) is 17.7 Å². The van der Waals surface area contributed by atoms with Crippen LogP contribution in [0, 0.1) is 0 Å². The predicted molar refractivity (Wildman–Crippen MR) is 54.7 cm³/mol. The molecule has 0 saturated carbocycles. The second kappa shape index (κ2) is 4.33. The molecule has 70 valence electrons. The van der Waals surface area contributed by atoms with Crippen LogP contribution >= 0.6 is 12.6 Å². The number of hydrogen-bond acceptors (Lipinski definition) is 3. The molecule has 0 spiro atoms. The SMILES string of the molecule is COc1cccc(S)c1C(C)C=O. The molecule has 2 nitrogen and oxygen atoms in total. The van der Waals surface area contributed by atoms with Gasteiger partial charge in [0.15, 0.2) is 0 Å². The van der Waals surface area contributed by atoms with Gasteiger partial charge in [0.05, 0.1) is 7.11 Å². The minimum absolute atomic E-state index is 0.177. The molecular weight excluding hydrogens is 184 g/mol. The number of thiol groups is 1. The molecule has 1 atom stereocenters. The van der Waals surface area contributed by atoms with Gasteiger partial charge in [-0.1, -0.05) is 13.0 Å². The van der Waals surface area contributed by atoms with Crippen molar-refractivity contribution in [1.29, 1.82) is 0 Å². The second-order valence-corrected chi connectivity index (χ2v) is 3.30. The standard InChI is InChI=1S/C10H12O2S/c1-7(6-11)10-8(12-2)4-3-5-9(10)13/h3-7,13H,1-2H3. The van der Waals surface area contributed by atoms with Gasteiger partial charge in [-0.15, -0.1) is 12.6 Å². The average molecular weight is 196 g/mol. The second-order valence-electron chi connectivity index (χ2n) is 2.82. The summed E-state index contributed by atoms with van der Waals surface area (Å²) in [5.74, 6) is 0.538. The van der Waals surface area contributed by atoms with Crippen molar-refractivity contribution in [3.63, 3.8) is 0 Å². The Hall–Kier alpha value is -0.960. The molecule has 1 rings (SSSR count). The fourth-order valence-electron chi connectivity index (χ4n) is 1.24. The molecule has 0 N–H and O–H groups in total. The molecule has 0 amide bonds. The first-order valence-electron chi connectivity index (χ1n) is 4.02. The van der Waals surface area contributed by atoms with Crippen LogP contribution in [-0.4, -0.2) is 13.4 Å². The van der Waals surface area contributed by atoms with Crippen LogP contribution in [0.4, 0.5) is 0 Å². The van der Waals surface area contributed by atoms with E-state index in [1.807, 2.05) is 25.1 Å². The lowest BCUT2D eigenvalue weighted by molar-refractivity contribution is -0.108. The number of rotatable bonds is 3. The lowest BCUT2D eigenvalue weighted by Crippen LogP contribution is -1.99. The Balaban J connectivity index is 3.22. The fraction of sp³-hybridized carbons (Fsp3) is 0.300. The van der Waals surface area contributed by atoms with Crippen molar-refractivity contribution in [2.24, 2.45) is 0 Å². The summed E-state index contributed by atoms with van der Waals surface area (Å²) in [7, 11) is 1.59. The topological polar surface area (TPSA) is 26.3 Å². The highest BCUT2D eigenvalue weighted by molar-refractivity contribution is 7.80. The highest BCUT2D eigenvalue weighted by Gasteiger charge is 2.12. The van der Waals surface area contributed by atoms with Crippen LogP contribution in [0.3, 0.4) is 0 Å². The smallest absolute Gasteiger partial charge is 0.127 e. The summed E-state index contributed by atoms with van der Waals surface area (Å²) >= 11 is 4.28. The molecule has 1 unspecified atom stereocenters. The number of carbonyl (C=O) groups is 1. The maximum Gasteiger partial charge on any atom is 0.127 e. The normalized spacial score (nSPS) is 12.2. The molecule has 0 aliphatic rings. The van der Waals surface area contributed by atoms with E-state index < -0.39 is 0 Å². The van der Waals surface area contributed by atoms with Gasteiger partial charge < -0.3 is 9.53 Å². The summed E-state index contributed by atoms with van der Waals surface area (Å²) < 4.78 is 5.14. The van der Waals surface area contributed by atoms with Gasteiger partial charge in [-0.25, -0.2) is 0 Å². The summed E-state index contributed by atoms with van der Waals surface area (Å²) in [6.45, 7) is 1.82. The lowest BCUT2D eigenvalue weighted by atomic mass is 10.0. The third kappa shape index (κ3) is 2.04. The largest absolute Gasteiger partial charge is 0.496 e. The monoisotopic (exact) mass is 196 g/mol. The van der Waals surface area contributed by atoms with Gasteiger partial charge in [-0.3, -0.25) is 0 Å². The Bertz CT molecular complexity index is 310. The van der Waals surface area contributed by atoms with Gasteiger partial charge in [0, 0.05) is 16.4 Å². The van der Waals surface area contributed by atoms with Gasteiger partial charge in [0.2, 0.25) is 0 Å². The number of hydrogen-bond donors (Lipinski definition) is 1. The number of methoxy groups -OCH3 is 1. The van der Waals surface area contributed by atoms with Crippen LogP contribution in [0.15, 0.2) is 23.1 Å². The van der Waals surface area contributed by atoms with Gasteiger partial charge in [-0.2, -0.15) is 0 Å². The molecule has 0 aliphatic carbocycles. The van der Waals surface area contributed by atoms with E-state index in [0.29, 0.717) is 5.75 Å². The zero-order valence-corrected chi connectivity index (χ0v) is 8.54. The summed E-state index contributed by atoms with van der Waals surface area (Å²) in [6, 6.07) is 5.53. The summed E-state index contributed by atoms with van der Waals surface area (Å²) in [6.07, 6.45) is 0.886. The first-order valence-corrected chi connectivity index (χ1v) is 4.46. The van der Waals surface area contributed by atoms with Crippen molar-refractivity contribution in [3.05, 3.63) is 23.8 Å². The number of aldehydes is 1. The Morgan fingerprint density at radius 3 is 2.77 bits per heavy atom. The Morgan fingerprint density at radius 2 is 2.23 bits per heavy atom. The molecule has 0 aliphatic heterocycles. The maximum absolute atomic E-state index is 10.6. The predicted octanol–water partition coefficient (Wildman–Crippen LogP) is 2.29. The van der Waals surface area contributed by atoms with Crippen LogP contribution < -0.4 is 4.74 Å². The molecule has 3 heteroatoms. The quantitative estimate of drug-likeness (QED) is 0.593. The summed E-state index contributed by atoms with van der Waals surface area (Å²) in [4.78, 5) is 11.4. The molecular formula is C10H12O2S. The van der Waals surface area contributed by atoms with Crippen molar-refractivity contribution < 1.29 is 9.53 Å². The Kier molecular flexibility index (Phi) is 3.37. The van der Waals surface area contributed by atoms with Gasteiger partial charge in [-0.05, 0) is 12.1 Å². The first kappa shape index (κ1) is 10.1. The van der Waals surface area contributed by atoms with E-state index in [2.05, 4.69) is 12.6 Å². The first-order chi connectivity index (χ1) is 6.20. The van der Waals surface area contributed by atoms with E-state index in [1.165, 1.54) is 0 Å². The van der Waals surface area contributed by atoms with E-state index in [0.717, 1.165) is 16.7 Å². The van der Waals surface area contributed by atoms with Crippen molar-refractivity contribution in [1.82, 2.24) is 0 Å². The van der Waals surface area contributed by atoms with Gasteiger partial charge in [0.25, 0.3) is 0 Å². The molecule has 0 radical (unpaired) electrons. The van der Waals surface area contributed by atoms with Crippen LogP contribution in [0.25, 0.3) is 0 Å². The van der Waals surface area contributed by atoms with E-state index in [9.17, 15) is 4.79 Å². The number of benzene rings is 1. The van der Waals surface area contributed by atoms with Crippen LogP contribution in [0.5, 0.6) is 5.75 Å². The zero-order chi connectivity index (χ0) is 9.84. The van der Waals surface area contributed by atoms with E-state index in [4.69, 9.17) is 4.74 Å². The van der Waals surface area contributed by atoms with Crippen molar-refractivity contribution in [2.75, 3.05) is 7.11 Å². The maximum atomic E-state index is 10.6. The Labute approximate surface area is 83.3 Å². The lowest BCUT2D eigenvalue weighted by Gasteiger charge is -2.12. The Morgan fingerprint density at radius 1 is 1.54 bits per heavy atom. The van der Waals surface area contributed by atoms with Gasteiger partial charge >= 0.3 is 0 Å². The molecule has 1 aromatic rings. The summed E-state index contributed by atoms with van der Waals surface area (Å²) in [5.41, 5.74) is 0.850. The molecule has 0 bridgehead atoms. The minimum Gasteiger partial charge on any atom is -0.496 e. The molecule has 0 heterocycles. The average Bonchev–Trinajstić information content (AvgIpc) is 2.16. The molecule has 0 aromatic heterocycles. The highest BCUT2D eigenvalue weighted by Crippen LogP contribution is 2.30. The minimum atomic E-state index is -0.177. The third-order valence-corrected chi connectivity index (χ3v) is 2.31. The van der Waals surface area contributed by atoms with Crippen LogP contribution in [0.2, 0.25) is 0 Å². The van der Waals surface area contributed by atoms with Gasteiger partial charge in [0.1, 0.15) is 12.0 Å². The van der Waals surface area contributed by atoms with E-state index >= 15 is 0 Å². The zero-order valence-electron chi connectivity index (χ0n) is 7.65. The molecule has 0 saturated heterocycles.